The van der Waals surface area contributed by atoms with Crippen molar-refractivity contribution in [1.82, 2.24) is 10.6 Å². The van der Waals surface area contributed by atoms with E-state index in [0.717, 1.165) is 32.2 Å². The monoisotopic (exact) mass is 210 g/mol. The summed E-state index contributed by atoms with van der Waals surface area (Å²) in [5.41, 5.74) is 0. The summed E-state index contributed by atoms with van der Waals surface area (Å²) in [6.45, 7) is 3.21. The molecule has 0 bridgehead atoms. The first-order valence-corrected chi connectivity index (χ1v) is 6.33. The minimum atomic E-state index is 0.307. The van der Waals surface area contributed by atoms with Gasteiger partial charge in [-0.3, -0.25) is 4.79 Å². The van der Waals surface area contributed by atoms with Gasteiger partial charge in [0.2, 0.25) is 5.91 Å². The molecule has 0 saturated heterocycles. The van der Waals surface area contributed by atoms with E-state index in [2.05, 4.69) is 17.6 Å². The Balaban J connectivity index is 1.66. The van der Waals surface area contributed by atoms with E-state index in [9.17, 15) is 4.79 Å². The normalized spacial score (nSPS) is 31.3. The van der Waals surface area contributed by atoms with Gasteiger partial charge >= 0.3 is 0 Å². The molecule has 15 heavy (non-hydrogen) atoms. The average Bonchev–Trinajstić information content (AvgIpc) is 3.04. The molecule has 2 rings (SSSR count). The van der Waals surface area contributed by atoms with E-state index in [1.54, 1.807) is 0 Å². The van der Waals surface area contributed by atoms with Crippen LogP contribution in [-0.2, 0) is 4.79 Å². The summed E-state index contributed by atoms with van der Waals surface area (Å²) in [6, 6.07) is 1.14. The number of amides is 1. The molecule has 0 spiro atoms. The lowest BCUT2D eigenvalue weighted by molar-refractivity contribution is -0.123. The molecule has 0 aromatic heterocycles. The van der Waals surface area contributed by atoms with E-state index >= 15 is 0 Å². The molecular formula is C12H22N2O. The van der Waals surface area contributed by atoms with Crippen LogP contribution in [-0.4, -0.2) is 24.5 Å². The maximum absolute atomic E-state index is 11.6. The van der Waals surface area contributed by atoms with Gasteiger partial charge in [-0.05, 0) is 45.1 Å². The molecule has 3 heteroatoms. The van der Waals surface area contributed by atoms with Gasteiger partial charge in [0.15, 0.2) is 0 Å². The van der Waals surface area contributed by atoms with Crippen LogP contribution in [0.15, 0.2) is 0 Å². The minimum Gasteiger partial charge on any atom is -0.353 e. The molecular weight excluding hydrogens is 188 g/mol. The summed E-state index contributed by atoms with van der Waals surface area (Å²) in [5, 5.41) is 6.66. The van der Waals surface area contributed by atoms with E-state index in [-0.39, 0.29) is 0 Å². The molecule has 1 amide bonds. The second-order valence-electron chi connectivity index (χ2n) is 4.89. The van der Waals surface area contributed by atoms with Gasteiger partial charge in [0.1, 0.15) is 0 Å². The second kappa shape index (κ2) is 4.97. The number of carbonyl (C=O) groups excluding carboxylic acids is 1. The quantitative estimate of drug-likeness (QED) is 0.737. The fourth-order valence-electron chi connectivity index (χ4n) is 2.40. The van der Waals surface area contributed by atoms with Crippen LogP contribution in [0.25, 0.3) is 0 Å². The molecule has 0 atom stereocenters. The van der Waals surface area contributed by atoms with Crippen molar-refractivity contribution in [3.63, 3.8) is 0 Å². The van der Waals surface area contributed by atoms with Gasteiger partial charge in [0.25, 0.3) is 0 Å². The number of nitrogens with one attached hydrogen (secondary N) is 2. The molecule has 2 N–H and O–H groups in total. The van der Waals surface area contributed by atoms with Crippen LogP contribution in [0.3, 0.4) is 0 Å². The van der Waals surface area contributed by atoms with E-state index in [4.69, 9.17) is 0 Å². The topological polar surface area (TPSA) is 41.1 Å². The highest BCUT2D eigenvalue weighted by Crippen LogP contribution is 2.29. The molecule has 0 aromatic rings. The lowest BCUT2D eigenvalue weighted by Gasteiger charge is -2.29. The molecule has 2 aliphatic carbocycles. The van der Waals surface area contributed by atoms with Gasteiger partial charge in [-0.15, -0.1) is 0 Å². The van der Waals surface area contributed by atoms with Crippen LogP contribution in [0.2, 0.25) is 0 Å². The van der Waals surface area contributed by atoms with Crippen molar-refractivity contribution in [2.45, 2.75) is 57.5 Å². The largest absolute Gasteiger partial charge is 0.353 e. The van der Waals surface area contributed by atoms with Crippen molar-refractivity contribution >= 4 is 5.91 Å². The van der Waals surface area contributed by atoms with Gasteiger partial charge in [-0.1, -0.05) is 6.92 Å². The first kappa shape index (κ1) is 10.9. The summed E-state index contributed by atoms with van der Waals surface area (Å²) in [6.07, 6.45) is 6.94. The van der Waals surface area contributed by atoms with Crippen molar-refractivity contribution in [2.24, 2.45) is 5.92 Å². The van der Waals surface area contributed by atoms with Crippen LogP contribution in [0.4, 0.5) is 0 Å². The van der Waals surface area contributed by atoms with Crippen LogP contribution in [0, 0.1) is 5.92 Å². The summed E-state index contributed by atoms with van der Waals surface area (Å²) in [7, 11) is 0. The highest BCUT2D eigenvalue weighted by atomic mass is 16.2. The number of hydrogen-bond acceptors (Lipinski definition) is 2. The smallest absolute Gasteiger partial charge is 0.223 e. The van der Waals surface area contributed by atoms with Crippen molar-refractivity contribution in [3.8, 4) is 0 Å². The van der Waals surface area contributed by atoms with Gasteiger partial charge in [0, 0.05) is 18.0 Å². The summed E-state index contributed by atoms with van der Waals surface area (Å²) < 4.78 is 0. The highest BCUT2D eigenvalue weighted by Gasteiger charge is 2.31. The summed E-state index contributed by atoms with van der Waals surface area (Å²) in [5.74, 6) is 0.665. The molecule has 0 aliphatic heterocycles. The molecule has 86 valence electrons. The number of rotatable bonds is 4. The van der Waals surface area contributed by atoms with Crippen LogP contribution < -0.4 is 10.6 Å². The Morgan fingerprint density at radius 3 is 2.20 bits per heavy atom. The van der Waals surface area contributed by atoms with E-state index in [1.807, 2.05) is 0 Å². The summed E-state index contributed by atoms with van der Waals surface area (Å²) in [4.78, 5) is 11.6. The van der Waals surface area contributed by atoms with Gasteiger partial charge in [-0.2, -0.15) is 0 Å². The number of carbonyl (C=O) groups is 1. The molecule has 0 heterocycles. The second-order valence-corrected chi connectivity index (χ2v) is 4.89. The first-order chi connectivity index (χ1) is 7.29. The molecule has 2 fully saturated rings. The lowest BCUT2D eigenvalue weighted by Crippen LogP contribution is -2.42. The van der Waals surface area contributed by atoms with E-state index in [0.29, 0.717) is 23.9 Å². The Hall–Kier alpha value is -0.570. The van der Waals surface area contributed by atoms with E-state index in [1.165, 1.54) is 12.8 Å². The maximum Gasteiger partial charge on any atom is 0.223 e. The molecule has 0 unspecified atom stereocenters. The predicted octanol–water partition coefficient (Wildman–Crippen LogP) is 1.43. The Kier molecular flexibility index (Phi) is 3.62. The van der Waals surface area contributed by atoms with Crippen LogP contribution in [0.5, 0.6) is 0 Å². The lowest BCUT2D eigenvalue weighted by atomic mass is 9.91. The zero-order valence-corrected chi connectivity index (χ0v) is 9.59. The van der Waals surface area contributed by atoms with Crippen LogP contribution >= 0.6 is 0 Å². The third-order valence-corrected chi connectivity index (χ3v) is 3.51. The molecule has 0 radical (unpaired) electrons. The minimum absolute atomic E-state index is 0.307. The van der Waals surface area contributed by atoms with Gasteiger partial charge in [0.05, 0.1) is 0 Å². The zero-order chi connectivity index (χ0) is 10.7. The number of hydrogen-bond donors (Lipinski definition) is 2. The van der Waals surface area contributed by atoms with Gasteiger partial charge in [-0.25, -0.2) is 0 Å². The van der Waals surface area contributed by atoms with E-state index < -0.39 is 0 Å². The predicted molar refractivity (Wildman–Crippen MR) is 60.6 cm³/mol. The summed E-state index contributed by atoms with van der Waals surface area (Å²) >= 11 is 0. The van der Waals surface area contributed by atoms with Crippen molar-refractivity contribution in [1.29, 1.82) is 0 Å². The Morgan fingerprint density at radius 2 is 1.67 bits per heavy atom. The fourth-order valence-corrected chi connectivity index (χ4v) is 2.40. The van der Waals surface area contributed by atoms with Crippen LogP contribution in [0.1, 0.15) is 45.4 Å². The fraction of sp³-hybridized carbons (Fsp3) is 0.917. The molecule has 2 aliphatic rings. The maximum atomic E-state index is 11.6. The van der Waals surface area contributed by atoms with Gasteiger partial charge < -0.3 is 10.6 Å². The van der Waals surface area contributed by atoms with Crippen molar-refractivity contribution in [2.75, 3.05) is 6.54 Å². The highest BCUT2D eigenvalue weighted by molar-refractivity contribution is 5.81. The molecule has 0 aromatic carbocycles. The van der Waals surface area contributed by atoms with Crippen molar-refractivity contribution < 1.29 is 4.79 Å². The SMILES string of the molecule is CCNC1CCC(NC(=O)C2CC2)CC1. The Bertz CT molecular complexity index is 218. The third kappa shape index (κ3) is 3.20. The third-order valence-electron chi connectivity index (χ3n) is 3.51. The molecule has 2 saturated carbocycles. The first-order valence-electron chi connectivity index (χ1n) is 6.33. The standard InChI is InChI=1S/C12H22N2O/c1-2-13-10-5-7-11(8-6-10)14-12(15)9-3-4-9/h9-11,13H,2-8H2,1H3,(H,14,15). The zero-order valence-electron chi connectivity index (χ0n) is 9.59. The molecule has 3 nitrogen and oxygen atoms in total. The average molecular weight is 210 g/mol. The Labute approximate surface area is 92.0 Å². The Morgan fingerprint density at radius 1 is 1.07 bits per heavy atom. The van der Waals surface area contributed by atoms with Crippen molar-refractivity contribution in [3.05, 3.63) is 0 Å².